The van der Waals surface area contributed by atoms with Crippen molar-refractivity contribution in [3.8, 4) is 0 Å². The number of aryl methyl sites for hydroxylation is 1. The van der Waals surface area contributed by atoms with Gasteiger partial charge in [-0.1, -0.05) is 39.0 Å². The van der Waals surface area contributed by atoms with Gasteiger partial charge in [0.05, 0.1) is 12.1 Å². The second-order valence-corrected chi connectivity index (χ2v) is 8.97. The van der Waals surface area contributed by atoms with Crippen LogP contribution in [0.3, 0.4) is 0 Å². The fraction of sp³-hybridized carbons (Fsp3) is 0.652. The Morgan fingerprint density at radius 1 is 1.21 bits per heavy atom. The van der Waals surface area contributed by atoms with Gasteiger partial charge in [0.25, 0.3) is 5.91 Å². The highest BCUT2D eigenvalue weighted by atomic mass is 16.3. The van der Waals surface area contributed by atoms with Crippen molar-refractivity contribution < 1.29 is 14.0 Å². The van der Waals surface area contributed by atoms with Gasteiger partial charge in [-0.15, -0.1) is 0 Å². The maximum absolute atomic E-state index is 13.5. The normalized spacial score (nSPS) is 23.7. The highest BCUT2D eigenvalue weighted by Crippen LogP contribution is 2.34. The first kappa shape index (κ1) is 20.0. The fourth-order valence-corrected chi connectivity index (χ4v) is 4.98. The van der Waals surface area contributed by atoms with E-state index in [4.69, 9.17) is 4.42 Å². The zero-order chi connectivity index (χ0) is 20.6. The Kier molecular flexibility index (Phi) is 5.45. The number of carbonyl (C=O) groups excluding carboxylic acids is 2. The lowest BCUT2D eigenvalue weighted by atomic mass is 9.92. The van der Waals surface area contributed by atoms with Gasteiger partial charge in [-0.05, 0) is 33.1 Å². The summed E-state index contributed by atoms with van der Waals surface area (Å²) < 4.78 is 7.72. The number of hydrogen-bond acceptors (Lipinski definition) is 3. The first-order valence-electron chi connectivity index (χ1n) is 11.2. The van der Waals surface area contributed by atoms with E-state index in [9.17, 15) is 9.59 Å². The van der Waals surface area contributed by atoms with Gasteiger partial charge in [-0.25, -0.2) is 0 Å². The first-order valence-corrected chi connectivity index (χ1v) is 11.2. The molecule has 0 saturated heterocycles. The summed E-state index contributed by atoms with van der Waals surface area (Å²) in [6.45, 7) is 6.89. The lowest BCUT2D eigenvalue weighted by molar-refractivity contribution is -0.133. The van der Waals surface area contributed by atoms with Crippen LogP contribution in [-0.2, 0) is 11.3 Å². The van der Waals surface area contributed by atoms with Gasteiger partial charge in [0.2, 0.25) is 5.91 Å². The average molecular weight is 400 g/mol. The molecule has 29 heavy (non-hydrogen) atoms. The third-order valence-corrected chi connectivity index (χ3v) is 6.62. The first-order chi connectivity index (χ1) is 13.9. The molecule has 2 aliphatic rings. The molecule has 1 saturated carbocycles. The maximum atomic E-state index is 13.5. The zero-order valence-corrected chi connectivity index (χ0v) is 17.9. The van der Waals surface area contributed by atoms with E-state index in [1.54, 1.807) is 4.90 Å². The molecular formula is C23H33N3O3. The van der Waals surface area contributed by atoms with Crippen molar-refractivity contribution in [3.05, 3.63) is 23.6 Å². The van der Waals surface area contributed by atoms with Crippen molar-refractivity contribution >= 4 is 22.9 Å². The number of hydrogen-bond donors (Lipinski definition) is 1. The van der Waals surface area contributed by atoms with Gasteiger partial charge < -0.3 is 19.2 Å². The number of furan rings is 1. The topological polar surface area (TPSA) is 67.5 Å². The van der Waals surface area contributed by atoms with E-state index in [1.165, 1.54) is 19.3 Å². The average Bonchev–Trinajstić information content (AvgIpc) is 3.17. The third kappa shape index (κ3) is 3.58. The number of nitrogens with zero attached hydrogens (tertiary/aromatic N) is 2. The van der Waals surface area contributed by atoms with Gasteiger partial charge in [0, 0.05) is 24.7 Å². The van der Waals surface area contributed by atoms with Crippen molar-refractivity contribution in [1.29, 1.82) is 0 Å². The predicted octanol–water partition coefficient (Wildman–Crippen LogP) is 4.40. The minimum Gasteiger partial charge on any atom is -0.460 e. The molecule has 2 aromatic heterocycles. The van der Waals surface area contributed by atoms with Crippen molar-refractivity contribution in [3.63, 3.8) is 0 Å². The van der Waals surface area contributed by atoms with Crippen LogP contribution in [0.5, 0.6) is 0 Å². The van der Waals surface area contributed by atoms with Crippen LogP contribution in [0, 0.1) is 6.92 Å². The number of amides is 2. The number of rotatable bonds is 4. The summed E-state index contributed by atoms with van der Waals surface area (Å²) in [5, 5.41) is 3.31. The van der Waals surface area contributed by atoms with E-state index in [2.05, 4.69) is 5.32 Å². The van der Waals surface area contributed by atoms with Gasteiger partial charge in [0.1, 0.15) is 17.0 Å². The van der Waals surface area contributed by atoms with E-state index in [0.717, 1.165) is 43.4 Å². The second kappa shape index (κ2) is 7.88. The second-order valence-electron chi connectivity index (χ2n) is 8.97. The van der Waals surface area contributed by atoms with E-state index in [0.29, 0.717) is 24.4 Å². The lowest BCUT2D eigenvalue weighted by Crippen LogP contribution is -2.65. The molecule has 0 spiro atoms. The Labute approximate surface area is 172 Å². The molecular weight excluding hydrogens is 366 g/mol. The van der Waals surface area contributed by atoms with E-state index in [-0.39, 0.29) is 17.9 Å². The molecule has 1 aliphatic heterocycles. The summed E-state index contributed by atoms with van der Waals surface area (Å²) >= 11 is 0. The Bertz CT molecular complexity index is 904. The van der Waals surface area contributed by atoms with Gasteiger partial charge in [-0.2, -0.15) is 0 Å². The van der Waals surface area contributed by atoms with Crippen LogP contribution in [0.1, 0.15) is 81.5 Å². The highest BCUT2D eigenvalue weighted by Gasteiger charge is 2.48. The summed E-state index contributed by atoms with van der Waals surface area (Å²) in [7, 11) is 0. The van der Waals surface area contributed by atoms with Gasteiger partial charge in [0.15, 0.2) is 5.58 Å². The third-order valence-electron chi connectivity index (χ3n) is 6.62. The van der Waals surface area contributed by atoms with Crippen molar-refractivity contribution in [1.82, 2.24) is 14.8 Å². The molecule has 158 valence electrons. The molecule has 0 bridgehead atoms. The molecule has 6 nitrogen and oxygen atoms in total. The molecule has 4 rings (SSSR count). The number of fused-ring (bicyclic) bond motifs is 3. The van der Waals surface area contributed by atoms with Crippen molar-refractivity contribution in [2.45, 2.75) is 90.3 Å². The fourth-order valence-electron chi connectivity index (χ4n) is 4.98. The Morgan fingerprint density at radius 2 is 1.90 bits per heavy atom. The molecule has 0 unspecified atom stereocenters. The summed E-state index contributed by atoms with van der Waals surface area (Å²) in [5.74, 6) is 0.699. The SMILES string of the molecule is CCCN1C(=O)c2cc3oc(C)cc3n2C[C@]1(C)C(=O)NC1CCCCCCC1. The van der Waals surface area contributed by atoms with Crippen LogP contribution in [-0.4, -0.2) is 39.4 Å². The Balaban J connectivity index is 1.65. The number of aromatic nitrogens is 1. The predicted molar refractivity (Wildman–Crippen MR) is 113 cm³/mol. The molecule has 1 N–H and O–H groups in total. The minimum absolute atomic E-state index is 0.0300. The molecule has 3 heterocycles. The quantitative estimate of drug-likeness (QED) is 0.829. The Morgan fingerprint density at radius 3 is 2.59 bits per heavy atom. The van der Waals surface area contributed by atoms with Gasteiger partial charge in [-0.3, -0.25) is 9.59 Å². The lowest BCUT2D eigenvalue weighted by Gasteiger charge is -2.44. The molecule has 0 radical (unpaired) electrons. The molecule has 2 aromatic rings. The summed E-state index contributed by atoms with van der Waals surface area (Å²) in [6, 6.07) is 3.98. The molecule has 6 heteroatoms. The van der Waals surface area contributed by atoms with Crippen molar-refractivity contribution in [2.24, 2.45) is 0 Å². The van der Waals surface area contributed by atoms with Crippen LogP contribution in [0.25, 0.3) is 11.1 Å². The zero-order valence-electron chi connectivity index (χ0n) is 17.9. The number of carbonyl (C=O) groups is 2. The minimum atomic E-state index is -0.903. The van der Waals surface area contributed by atoms with Crippen LogP contribution in [0.2, 0.25) is 0 Å². The summed E-state index contributed by atoms with van der Waals surface area (Å²) in [6.07, 6.45) is 8.99. The number of nitrogens with one attached hydrogen (secondary N) is 1. The molecule has 0 aromatic carbocycles. The smallest absolute Gasteiger partial charge is 0.271 e. The molecule has 2 amide bonds. The van der Waals surface area contributed by atoms with E-state index >= 15 is 0 Å². The Hall–Kier alpha value is -2.24. The summed E-state index contributed by atoms with van der Waals surface area (Å²) in [4.78, 5) is 28.7. The molecule has 1 fully saturated rings. The van der Waals surface area contributed by atoms with Crippen LogP contribution < -0.4 is 5.32 Å². The van der Waals surface area contributed by atoms with Crippen LogP contribution in [0.4, 0.5) is 0 Å². The standard InChI is InChI=1S/C23H33N3O3/c1-4-12-26-21(27)19-14-20-18(13-16(2)29-20)25(19)15-23(26,3)22(28)24-17-10-8-6-5-7-9-11-17/h13-14,17H,4-12,15H2,1-3H3,(H,24,28)/t23-/m1/s1. The maximum Gasteiger partial charge on any atom is 0.271 e. The van der Waals surface area contributed by atoms with Crippen LogP contribution >= 0.6 is 0 Å². The van der Waals surface area contributed by atoms with Gasteiger partial charge >= 0.3 is 0 Å². The van der Waals surface area contributed by atoms with Crippen molar-refractivity contribution in [2.75, 3.05) is 6.54 Å². The van der Waals surface area contributed by atoms with E-state index < -0.39 is 5.54 Å². The van der Waals surface area contributed by atoms with Crippen LogP contribution in [0.15, 0.2) is 16.5 Å². The summed E-state index contributed by atoms with van der Waals surface area (Å²) in [5.41, 5.74) is 1.32. The molecule has 1 atom stereocenters. The largest absolute Gasteiger partial charge is 0.460 e. The monoisotopic (exact) mass is 399 g/mol. The molecule has 1 aliphatic carbocycles. The van der Waals surface area contributed by atoms with E-state index in [1.807, 2.05) is 37.5 Å². The highest BCUT2D eigenvalue weighted by molar-refractivity contribution is 6.03.